The Balaban J connectivity index is 1.99. The summed E-state index contributed by atoms with van der Waals surface area (Å²) in [5.74, 6) is -0.414. The van der Waals surface area contributed by atoms with Crippen molar-refractivity contribution in [1.82, 2.24) is 8.87 Å². The predicted molar refractivity (Wildman–Crippen MR) is 121 cm³/mol. The number of fused-ring (bicyclic) bond motifs is 1. The first-order valence-electron chi connectivity index (χ1n) is 9.72. The Hall–Kier alpha value is -2.55. The first-order valence-corrected chi connectivity index (χ1v) is 12.0. The van der Waals surface area contributed by atoms with Crippen LogP contribution in [0.5, 0.6) is 0 Å². The summed E-state index contributed by atoms with van der Waals surface area (Å²) in [5.41, 5.74) is 2.47. The van der Waals surface area contributed by atoms with E-state index in [-0.39, 0.29) is 4.90 Å². The first kappa shape index (κ1) is 22.1. The molecule has 0 aliphatic heterocycles. The normalized spacial score (nSPS) is 12.6. The highest BCUT2D eigenvalue weighted by atomic mass is 32.2. The van der Waals surface area contributed by atoms with Crippen LogP contribution in [0.1, 0.15) is 29.8 Å². The van der Waals surface area contributed by atoms with Gasteiger partial charge in [0.25, 0.3) is 5.91 Å². The third-order valence-electron chi connectivity index (χ3n) is 4.79. The molecule has 0 aliphatic carbocycles. The van der Waals surface area contributed by atoms with Crippen molar-refractivity contribution in [1.29, 1.82) is 0 Å². The molecule has 8 heteroatoms. The van der Waals surface area contributed by atoms with Crippen LogP contribution in [0.15, 0.2) is 65.0 Å². The van der Waals surface area contributed by atoms with E-state index in [4.69, 9.17) is 0 Å². The zero-order valence-corrected chi connectivity index (χ0v) is 19.0. The highest BCUT2D eigenvalue weighted by Gasteiger charge is 2.21. The molecular formula is C22H25N3O3S2. The van der Waals surface area contributed by atoms with Crippen molar-refractivity contribution in [2.45, 2.75) is 32.2 Å². The van der Waals surface area contributed by atoms with Crippen LogP contribution >= 0.6 is 11.3 Å². The highest BCUT2D eigenvalue weighted by molar-refractivity contribution is 7.89. The van der Waals surface area contributed by atoms with E-state index in [0.717, 1.165) is 15.8 Å². The number of aromatic nitrogens is 1. The Morgan fingerprint density at radius 3 is 2.43 bits per heavy atom. The number of carbonyl (C=O) groups is 1. The van der Waals surface area contributed by atoms with Crippen LogP contribution in [-0.2, 0) is 16.6 Å². The van der Waals surface area contributed by atoms with Gasteiger partial charge in [-0.15, -0.1) is 6.58 Å². The summed E-state index contributed by atoms with van der Waals surface area (Å²) in [6.45, 7) is 10.7. The van der Waals surface area contributed by atoms with Gasteiger partial charge in [-0.05, 0) is 48.9 Å². The van der Waals surface area contributed by atoms with Gasteiger partial charge in [0.2, 0.25) is 10.0 Å². The molecule has 1 heterocycles. The number of benzene rings is 2. The number of thiazole rings is 1. The van der Waals surface area contributed by atoms with E-state index in [1.54, 1.807) is 19.9 Å². The second-order valence-corrected chi connectivity index (χ2v) is 9.73. The molecule has 0 spiro atoms. The van der Waals surface area contributed by atoms with Crippen LogP contribution in [0.3, 0.4) is 0 Å². The minimum absolute atomic E-state index is 0.168. The topological polar surface area (TPSA) is 71.7 Å². The number of amides is 1. The second-order valence-electron chi connectivity index (χ2n) is 6.79. The molecule has 0 radical (unpaired) electrons. The lowest BCUT2D eigenvalue weighted by Crippen LogP contribution is -2.30. The summed E-state index contributed by atoms with van der Waals surface area (Å²) in [7, 11) is -3.56. The van der Waals surface area contributed by atoms with E-state index in [2.05, 4.69) is 17.6 Å². The lowest BCUT2D eigenvalue weighted by molar-refractivity contribution is 0.0997. The molecule has 3 rings (SSSR count). The number of allylic oxidation sites excluding steroid dienone is 1. The molecule has 0 saturated heterocycles. The van der Waals surface area contributed by atoms with Crippen LogP contribution in [0.4, 0.5) is 0 Å². The number of carbonyl (C=O) groups excluding carboxylic acids is 1. The Bertz CT molecular complexity index is 1250. The van der Waals surface area contributed by atoms with Crippen LogP contribution in [-0.4, -0.2) is 36.3 Å². The fourth-order valence-corrected chi connectivity index (χ4v) is 5.80. The van der Waals surface area contributed by atoms with Crippen molar-refractivity contribution in [2.24, 2.45) is 4.99 Å². The standard InChI is InChI=1S/C22H25N3O3S2/c1-5-14-25-19-13-8-16(4)15-20(19)29-22(25)23-21(26)17-9-11-18(12-10-17)30(27,28)24(6-2)7-3/h5,8-13,15H,1,6-7,14H2,2-4H3. The van der Waals surface area contributed by atoms with Gasteiger partial charge < -0.3 is 4.57 Å². The molecule has 3 aromatic rings. The molecule has 6 nitrogen and oxygen atoms in total. The molecule has 1 amide bonds. The fourth-order valence-electron chi connectivity index (χ4n) is 3.20. The molecule has 0 atom stereocenters. The monoisotopic (exact) mass is 443 g/mol. The van der Waals surface area contributed by atoms with Gasteiger partial charge in [-0.2, -0.15) is 9.30 Å². The van der Waals surface area contributed by atoms with Crippen LogP contribution in [0, 0.1) is 6.92 Å². The maximum atomic E-state index is 12.8. The summed E-state index contributed by atoms with van der Waals surface area (Å²) in [6, 6.07) is 12.0. The van der Waals surface area contributed by atoms with E-state index in [1.807, 2.05) is 23.6 Å². The third-order valence-corrected chi connectivity index (χ3v) is 7.90. The van der Waals surface area contributed by atoms with E-state index in [9.17, 15) is 13.2 Å². The Labute approximate surface area is 180 Å². The maximum Gasteiger partial charge on any atom is 0.279 e. The van der Waals surface area contributed by atoms with Gasteiger partial charge in [0.05, 0.1) is 15.1 Å². The summed E-state index contributed by atoms with van der Waals surface area (Å²) in [5, 5.41) is 0. The molecular weight excluding hydrogens is 418 g/mol. The average Bonchev–Trinajstić information content (AvgIpc) is 3.05. The second kappa shape index (κ2) is 9.07. The summed E-state index contributed by atoms with van der Waals surface area (Å²) < 4.78 is 29.6. The Morgan fingerprint density at radius 2 is 1.83 bits per heavy atom. The van der Waals surface area contributed by atoms with Crippen LogP contribution in [0.2, 0.25) is 0 Å². The van der Waals surface area contributed by atoms with E-state index >= 15 is 0 Å². The van der Waals surface area contributed by atoms with Crippen molar-refractivity contribution in [3.05, 3.63) is 71.0 Å². The molecule has 0 N–H and O–H groups in total. The minimum Gasteiger partial charge on any atom is -0.312 e. The van der Waals surface area contributed by atoms with Crippen LogP contribution < -0.4 is 4.80 Å². The molecule has 0 unspecified atom stereocenters. The molecule has 1 aromatic heterocycles. The van der Waals surface area contributed by atoms with Gasteiger partial charge in [-0.3, -0.25) is 4.79 Å². The van der Waals surface area contributed by atoms with E-state index in [0.29, 0.717) is 30.0 Å². The largest absolute Gasteiger partial charge is 0.312 e. The van der Waals surface area contributed by atoms with Gasteiger partial charge >= 0.3 is 0 Å². The number of hydrogen-bond donors (Lipinski definition) is 0. The van der Waals surface area contributed by atoms with E-state index in [1.165, 1.54) is 39.9 Å². The zero-order valence-electron chi connectivity index (χ0n) is 17.3. The molecule has 158 valence electrons. The Kier molecular flexibility index (Phi) is 6.70. The van der Waals surface area contributed by atoms with Gasteiger partial charge in [0, 0.05) is 25.2 Å². The van der Waals surface area contributed by atoms with E-state index < -0.39 is 15.9 Å². The van der Waals surface area contributed by atoms with Gasteiger partial charge in [0.1, 0.15) is 0 Å². The van der Waals surface area contributed by atoms with Crippen molar-refractivity contribution in [3.63, 3.8) is 0 Å². The number of aryl methyl sites for hydroxylation is 1. The lowest BCUT2D eigenvalue weighted by Gasteiger charge is -2.18. The molecule has 0 fully saturated rings. The molecule has 0 saturated carbocycles. The van der Waals surface area contributed by atoms with Crippen molar-refractivity contribution >= 4 is 37.5 Å². The Morgan fingerprint density at radius 1 is 1.17 bits per heavy atom. The number of sulfonamides is 1. The van der Waals surface area contributed by atoms with Crippen molar-refractivity contribution < 1.29 is 13.2 Å². The number of nitrogens with zero attached hydrogens (tertiary/aromatic N) is 3. The highest BCUT2D eigenvalue weighted by Crippen LogP contribution is 2.20. The van der Waals surface area contributed by atoms with Crippen molar-refractivity contribution in [2.75, 3.05) is 13.1 Å². The zero-order chi connectivity index (χ0) is 21.9. The van der Waals surface area contributed by atoms with Gasteiger partial charge in [-0.1, -0.05) is 37.3 Å². The minimum atomic E-state index is -3.56. The maximum absolute atomic E-state index is 12.8. The quantitative estimate of drug-likeness (QED) is 0.519. The van der Waals surface area contributed by atoms with Gasteiger partial charge in [0.15, 0.2) is 4.80 Å². The third kappa shape index (κ3) is 4.30. The van der Waals surface area contributed by atoms with Crippen molar-refractivity contribution in [3.8, 4) is 0 Å². The summed E-state index contributed by atoms with van der Waals surface area (Å²) in [4.78, 5) is 17.8. The summed E-state index contributed by atoms with van der Waals surface area (Å²) in [6.07, 6.45) is 1.77. The molecule has 0 bridgehead atoms. The van der Waals surface area contributed by atoms with Crippen LogP contribution in [0.25, 0.3) is 10.2 Å². The predicted octanol–water partition coefficient (Wildman–Crippen LogP) is 3.97. The van der Waals surface area contributed by atoms with Gasteiger partial charge in [-0.25, -0.2) is 8.42 Å². The SMILES string of the molecule is C=CCn1c(=NC(=O)c2ccc(S(=O)(=O)N(CC)CC)cc2)sc2cc(C)ccc21. The molecule has 0 aliphatic rings. The fraction of sp³-hybridized carbons (Fsp3) is 0.273. The number of hydrogen-bond acceptors (Lipinski definition) is 4. The lowest BCUT2D eigenvalue weighted by atomic mass is 10.2. The average molecular weight is 444 g/mol. The number of rotatable bonds is 7. The summed E-state index contributed by atoms with van der Waals surface area (Å²) >= 11 is 1.44. The molecule has 30 heavy (non-hydrogen) atoms. The smallest absolute Gasteiger partial charge is 0.279 e. The first-order chi connectivity index (χ1) is 14.3. The molecule has 2 aromatic carbocycles.